The first-order chi connectivity index (χ1) is 13.2. The van der Waals surface area contributed by atoms with Crippen molar-refractivity contribution in [3.05, 3.63) is 107 Å². The largest absolute Gasteiger partial charge is 0.293 e. The fourth-order valence-corrected chi connectivity index (χ4v) is 4.44. The third kappa shape index (κ3) is 2.59. The minimum absolute atomic E-state index is 0.102. The summed E-state index contributed by atoms with van der Waals surface area (Å²) in [4.78, 5) is 13.2. The van der Waals surface area contributed by atoms with E-state index in [0.717, 1.165) is 17.5 Å². The van der Waals surface area contributed by atoms with E-state index in [0.29, 0.717) is 0 Å². The van der Waals surface area contributed by atoms with Crippen LogP contribution in [0.25, 0.3) is 21.9 Å². The fourth-order valence-electron chi connectivity index (χ4n) is 4.44. The molecule has 0 bridgehead atoms. The number of carbonyl (C=O) groups excluding carboxylic acids is 1. The lowest BCUT2D eigenvalue weighted by atomic mass is 9.85. The summed E-state index contributed by atoms with van der Waals surface area (Å²) in [5.41, 5.74) is 6.80. The number of Topliss-reactive ketones (excluding diaryl/α,β-unsaturated/α-hetero) is 1. The topological polar surface area (TPSA) is 17.1 Å². The highest BCUT2D eigenvalue weighted by Gasteiger charge is 2.32. The van der Waals surface area contributed by atoms with Gasteiger partial charge < -0.3 is 0 Å². The fraction of sp³-hybridized carbons (Fsp3) is 0.115. The standard InChI is InChI=1S/C26H20O/c1-17-14-20-11-7-13-21(18-8-3-2-4-9-18)25(20)23(15-17)24-16-19-10-5-6-12-22(19)26(24)27/h2-15,24H,16H2,1H3. The van der Waals surface area contributed by atoms with Gasteiger partial charge in [0.25, 0.3) is 0 Å². The highest BCUT2D eigenvalue weighted by atomic mass is 16.1. The summed E-state index contributed by atoms with van der Waals surface area (Å²) < 4.78 is 0. The lowest BCUT2D eigenvalue weighted by Gasteiger charge is -2.17. The van der Waals surface area contributed by atoms with Gasteiger partial charge in [-0.1, -0.05) is 90.5 Å². The molecule has 1 unspecified atom stereocenters. The predicted octanol–water partition coefficient (Wildman–Crippen LogP) is 6.34. The van der Waals surface area contributed by atoms with Crippen LogP contribution in [0.5, 0.6) is 0 Å². The number of hydrogen-bond acceptors (Lipinski definition) is 1. The number of carbonyl (C=O) groups is 1. The van der Waals surface area contributed by atoms with Crippen LogP contribution in [0.15, 0.2) is 84.9 Å². The van der Waals surface area contributed by atoms with Gasteiger partial charge in [-0.3, -0.25) is 4.79 Å². The van der Waals surface area contributed by atoms with Crippen molar-refractivity contribution in [3.8, 4) is 11.1 Å². The van der Waals surface area contributed by atoms with Crippen molar-refractivity contribution in [1.29, 1.82) is 0 Å². The van der Waals surface area contributed by atoms with Crippen molar-refractivity contribution in [2.24, 2.45) is 0 Å². The van der Waals surface area contributed by atoms with Crippen LogP contribution in [0.1, 0.15) is 33.0 Å². The van der Waals surface area contributed by atoms with Crippen LogP contribution >= 0.6 is 0 Å². The minimum Gasteiger partial charge on any atom is -0.293 e. The summed E-state index contributed by atoms with van der Waals surface area (Å²) in [6.45, 7) is 2.12. The molecule has 0 amide bonds. The predicted molar refractivity (Wildman–Crippen MR) is 111 cm³/mol. The van der Waals surface area contributed by atoms with E-state index < -0.39 is 0 Å². The first-order valence-electron chi connectivity index (χ1n) is 9.43. The SMILES string of the molecule is Cc1cc(C2Cc3ccccc3C2=O)c2c(-c3ccccc3)cccc2c1. The normalized spacial score (nSPS) is 15.9. The van der Waals surface area contributed by atoms with Crippen molar-refractivity contribution < 1.29 is 4.79 Å². The molecule has 0 fully saturated rings. The molecule has 4 aromatic carbocycles. The quantitative estimate of drug-likeness (QED) is 0.413. The molecule has 0 radical (unpaired) electrons. The van der Waals surface area contributed by atoms with Gasteiger partial charge in [0.15, 0.2) is 5.78 Å². The smallest absolute Gasteiger partial charge is 0.170 e. The average molecular weight is 348 g/mol. The molecular formula is C26H20O. The second-order valence-electron chi connectivity index (χ2n) is 7.40. The van der Waals surface area contributed by atoms with Gasteiger partial charge in [-0.2, -0.15) is 0 Å². The van der Waals surface area contributed by atoms with Gasteiger partial charge in [0, 0.05) is 5.56 Å². The molecule has 1 heteroatoms. The monoisotopic (exact) mass is 348 g/mol. The maximum absolute atomic E-state index is 13.2. The molecule has 0 saturated carbocycles. The van der Waals surface area contributed by atoms with E-state index in [1.807, 2.05) is 24.3 Å². The van der Waals surface area contributed by atoms with Crippen molar-refractivity contribution in [3.63, 3.8) is 0 Å². The van der Waals surface area contributed by atoms with Crippen LogP contribution in [0.2, 0.25) is 0 Å². The van der Waals surface area contributed by atoms with Crippen LogP contribution in [0.3, 0.4) is 0 Å². The summed E-state index contributed by atoms with van der Waals surface area (Å²) >= 11 is 0. The van der Waals surface area contributed by atoms with E-state index >= 15 is 0 Å². The number of aryl methyl sites for hydroxylation is 1. The van der Waals surface area contributed by atoms with Crippen molar-refractivity contribution >= 4 is 16.6 Å². The Morgan fingerprint density at radius 1 is 0.778 bits per heavy atom. The van der Waals surface area contributed by atoms with Crippen molar-refractivity contribution in [1.82, 2.24) is 0 Å². The maximum Gasteiger partial charge on any atom is 0.170 e. The molecule has 1 aliphatic rings. The second kappa shape index (κ2) is 6.21. The molecule has 27 heavy (non-hydrogen) atoms. The number of rotatable bonds is 2. The molecular weight excluding hydrogens is 328 g/mol. The van der Waals surface area contributed by atoms with Crippen LogP contribution in [-0.2, 0) is 6.42 Å². The third-order valence-corrected chi connectivity index (χ3v) is 5.64. The Kier molecular flexibility index (Phi) is 3.68. The Morgan fingerprint density at radius 2 is 1.52 bits per heavy atom. The summed E-state index contributed by atoms with van der Waals surface area (Å²) in [6, 6.07) is 29.4. The Labute approximate surface area is 159 Å². The Balaban J connectivity index is 1.77. The molecule has 0 heterocycles. The molecule has 5 rings (SSSR count). The van der Waals surface area contributed by atoms with Crippen molar-refractivity contribution in [2.45, 2.75) is 19.3 Å². The Hall–Kier alpha value is -3.19. The van der Waals surface area contributed by atoms with Gasteiger partial charge in [-0.05, 0) is 46.4 Å². The van der Waals surface area contributed by atoms with Crippen LogP contribution in [0, 0.1) is 6.92 Å². The summed E-state index contributed by atoms with van der Waals surface area (Å²) in [5.74, 6) is 0.148. The molecule has 0 spiro atoms. The molecule has 0 aliphatic heterocycles. The zero-order chi connectivity index (χ0) is 18.4. The maximum atomic E-state index is 13.2. The number of benzene rings is 4. The van der Waals surface area contributed by atoms with Crippen LogP contribution < -0.4 is 0 Å². The van der Waals surface area contributed by atoms with E-state index in [-0.39, 0.29) is 11.7 Å². The number of ketones is 1. The molecule has 0 aromatic heterocycles. The summed E-state index contributed by atoms with van der Waals surface area (Å²) in [6.07, 6.45) is 0.788. The molecule has 0 saturated heterocycles. The minimum atomic E-state index is -0.102. The molecule has 4 aromatic rings. The lowest BCUT2D eigenvalue weighted by molar-refractivity contribution is 0.0973. The molecule has 1 nitrogen and oxygen atoms in total. The van der Waals surface area contributed by atoms with E-state index in [2.05, 4.69) is 67.6 Å². The zero-order valence-corrected chi connectivity index (χ0v) is 15.3. The third-order valence-electron chi connectivity index (χ3n) is 5.64. The van der Waals surface area contributed by atoms with Gasteiger partial charge >= 0.3 is 0 Å². The van der Waals surface area contributed by atoms with Crippen molar-refractivity contribution in [2.75, 3.05) is 0 Å². The first-order valence-corrected chi connectivity index (χ1v) is 9.43. The van der Waals surface area contributed by atoms with Gasteiger partial charge in [0.1, 0.15) is 0 Å². The van der Waals surface area contributed by atoms with Gasteiger partial charge in [-0.25, -0.2) is 0 Å². The molecule has 1 atom stereocenters. The number of hydrogen-bond donors (Lipinski definition) is 0. The molecule has 0 N–H and O–H groups in total. The van der Waals surface area contributed by atoms with E-state index in [4.69, 9.17) is 0 Å². The van der Waals surface area contributed by atoms with E-state index in [1.54, 1.807) is 0 Å². The first kappa shape index (κ1) is 16.0. The second-order valence-corrected chi connectivity index (χ2v) is 7.40. The molecule has 1 aliphatic carbocycles. The van der Waals surface area contributed by atoms with E-state index in [1.165, 1.54) is 33.0 Å². The average Bonchev–Trinajstić information content (AvgIpc) is 3.04. The van der Waals surface area contributed by atoms with Crippen LogP contribution in [-0.4, -0.2) is 5.78 Å². The summed E-state index contributed by atoms with van der Waals surface area (Å²) in [7, 11) is 0. The number of fused-ring (bicyclic) bond motifs is 2. The van der Waals surface area contributed by atoms with Gasteiger partial charge in [0.2, 0.25) is 0 Å². The highest BCUT2D eigenvalue weighted by Crippen LogP contribution is 2.41. The van der Waals surface area contributed by atoms with Gasteiger partial charge in [-0.15, -0.1) is 0 Å². The van der Waals surface area contributed by atoms with Crippen LogP contribution in [0.4, 0.5) is 0 Å². The zero-order valence-electron chi connectivity index (χ0n) is 15.3. The highest BCUT2D eigenvalue weighted by molar-refractivity contribution is 6.09. The Morgan fingerprint density at radius 3 is 2.33 bits per heavy atom. The Bertz CT molecular complexity index is 1170. The molecule has 130 valence electrons. The summed E-state index contributed by atoms with van der Waals surface area (Å²) in [5, 5.41) is 2.41. The lowest BCUT2D eigenvalue weighted by Crippen LogP contribution is -2.08. The van der Waals surface area contributed by atoms with Gasteiger partial charge in [0.05, 0.1) is 5.92 Å². The van der Waals surface area contributed by atoms with E-state index in [9.17, 15) is 4.79 Å².